The summed E-state index contributed by atoms with van der Waals surface area (Å²) in [5, 5.41) is 13.3. The summed E-state index contributed by atoms with van der Waals surface area (Å²) < 4.78 is 0. The molecular weight excluding hydrogens is 252 g/mol. The third kappa shape index (κ3) is 4.45. The second-order valence-corrected chi connectivity index (χ2v) is 7.10. The molecule has 1 atom stereocenters. The summed E-state index contributed by atoms with van der Waals surface area (Å²) in [6.07, 6.45) is 6.36. The lowest BCUT2D eigenvalue weighted by atomic mass is 9.97. The van der Waals surface area contributed by atoms with Gasteiger partial charge in [0.15, 0.2) is 0 Å². The van der Waals surface area contributed by atoms with Crippen LogP contribution in [-0.2, 0) is 4.79 Å². The molecule has 20 heavy (non-hydrogen) atoms. The van der Waals surface area contributed by atoms with E-state index in [1.54, 1.807) is 0 Å². The van der Waals surface area contributed by atoms with Gasteiger partial charge in [0.2, 0.25) is 5.91 Å². The highest BCUT2D eigenvalue weighted by atomic mass is 16.3. The van der Waals surface area contributed by atoms with Crippen LogP contribution in [0.15, 0.2) is 0 Å². The molecule has 4 heteroatoms. The molecule has 2 aliphatic rings. The number of carbonyl (C=O) groups is 1. The number of nitrogens with zero attached hydrogens (tertiary/aromatic N) is 1. The first-order valence-electron chi connectivity index (χ1n) is 8.22. The maximum atomic E-state index is 12.0. The van der Waals surface area contributed by atoms with E-state index >= 15 is 0 Å². The molecule has 0 aromatic rings. The van der Waals surface area contributed by atoms with Crippen molar-refractivity contribution in [2.24, 2.45) is 5.92 Å². The molecule has 1 saturated heterocycles. The van der Waals surface area contributed by atoms with Crippen molar-refractivity contribution in [1.82, 2.24) is 10.2 Å². The van der Waals surface area contributed by atoms with Crippen molar-refractivity contribution in [2.75, 3.05) is 19.6 Å². The lowest BCUT2D eigenvalue weighted by Crippen LogP contribution is -2.43. The Morgan fingerprint density at radius 1 is 1.35 bits per heavy atom. The number of likely N-dealkylation sites (tertiary alicyclic amines) is 1. The predicted octanol–water partition coefficient (Wildman–Crippen LogP) is 1.92. The summed E-state index contributed by atoms with van der Waals surface area (Å²) in [6, 6.07) is 0.486. The minimum atomic E-state index is -0.725. The third-order valence-corrected chi connectivity index (χ3v) is 4.66. The van der Waals surface area contributed by atoms with Gasteiger partial charge >= 0.3 is 0 Å². The Morgan fingerprint density at radius 2 is 2.05 bits per heavy atom. The van der Waals surface area contributed by atoms with E-state index in [2.05, 4.69) is 24.1 Å². The minimum Gasteiger partial charge on any atom is -0.389 e. The molecule has 0 aromatic heterocycles. The van der Waals surface area contributed by atoms with E-state index in [0.29, 0.717) is 12.0 Å². The topological polar surface area (TPSA) is 52.6 Å². The van der Waals surface area contributed by atoms with Crippen LogP contribution in [0.25, 0.3) is 0 Å². The Balaban J connectivity index is 1.72. The second kappa shape index (κ2) is 6.90. The number of nitrogens with one attached hydrogen (secondary N) is 1. The Morgan fingerprint density at radius 3 is 2.70 bits per heavy atom. The third-order valence-electron chi connectivity index (χ3n) is 4.66. The van der Waals surface area contributed by atoms with E-state index in [1.807, 2.05) is 0 Å². The maximum absolute atomic E-state index is 12.0. The van der Waals surface area contributed by atoms with Gasteiger partial charge in [-0.2, -0.15) is 0 Å². The van der Waals surface area contributed by atoms with Crippen LogP contribution in [0.3, 0.4) is 0 Å². The Labute approximate surface area is 122 Å². The van der Waals surface area contributed by atoms with E-state index in [1.165, 1.54) is 12.8 Å². The number of hydrogen-bond acceptors (Lipinski definition) is 3. The number of carbonyl (C=O) groups excluding carboxylic acids is 1. The first kappa shape index (κ1) is 15.8. The molecule has 1 aliphatic carbocycles. The average molecular weight is 282 g/mol. The van der Waals surface area contributed by atoms with Gasteiger partial charge in [0, 0.05) is 19.1 Å². The van der Waals surface area contributed by atoms with Crippen LogP contribution in [0.2, 0.25) is 0 Å². The zero-order chi connectivity index (χ0) is 14.6. The van der Waals surface area contributed by atoms with E-state index < -0.39 is 5.60 Å². The SMILES string of the molecule is CC(C)CN1CCC[C@H]1CNC(=O)CC1(O)CCCC1. The Hall–Kier alpha value is -0.610. The van der Waals surface area contributed by atoms with Crippen LogP contribution in [0.5, 0.6) is 0 Å². The average Bonchev–Trinajstić information content (AvgIpc) is 2.95. The molecular formula is C16H30N2O2. The second-order valence-electron chi connectivity index (χ2n) is 7.10. The van der Waals surface area contributed by atoms with Crippen molar-refractivity contribution in [2.45, 2.75) is 70.4 Å². The van der Waals surface area contributed by atoms with Crippen molar-refractivity contribution in [1.29, 1.82) is 0 Å². The van der Waals surface area contributed by atoms with Gasteiger partial charge in [0.05, 0.1) is 12.0 Å². The molecule has 0 unspecified atom stereocenters. The quantitative estimate of drug-likeness (QED) is 0.782. The molecule has 0 spiro atoms. The summed E-state index contributed by atoms with van der Waals surface area (Å²) in [7, 11) is 0. The Bertz CT molecular complexity index is 324. The van der Waals surface area contributed by atoms with E-state index in [-0.39, 0.29) is 12.3 Å². The summed E-state index contributed by atoms with van der Waals surface area (Å²) in [6.45, 7) is 7.49. The van der Waals surface area contributed by atoms with Crippen molar-refractivity contribution in [3.63, 3.8) is 0 Å². The van der Waals surface area contributed by atoms with Gasteiger partial charge in [0.25, 0.3) is 0 Å². The van der Waals surface area contributed by atoms with Gasteiger partial charge < -0.3 is 10.4 Å². The lowest BCUT2D eigenvalue weighted by Gasteiger charge is -2.27. The van der Waals surface area contributed by atoms with Gasteiger partial charge in [-0.15, -0.1) is 0 Å². The first-order valence-corrected chi connectivity index (χ1v) is 8.22. The molecule has 116 valence electrons. The van der Waals surface area contributed by atoms with Crippen LogP contribution in [-0.4, -0.2) is 47.2 Å². The minimum absolute atomic E-state index is 0.0193. The van der Waals surface area contributed by atoms with Crippen molar-refractivity contribution >= 4 is 5.91 Å². The fraction of sp³-hybridized carbons (Fsp3) is 0.938. The van der Waals surface area contributed by atoms with Gasteiger partial charge in [-0.1, -0.05) is 26.7 Å². The zero-order valence-electron chi connectivity index (χ0n) is 13.0. The number of aliphatic hydroxyl groups is 1. The molecule has 2 N–H and O–H groups in total. The Kier molecular flexibility index (Phi) is 5.44. The standard InChI is InChI=1S/C16H30N2O2/c1-13(2)12-18-9-5-6-14(18)11-17-15(19)10-16(20)7-3-4-8-16/h13-14,20H,3-12H2,1-2H3,(H,17,19)/t14-/m0/s1. The normalized spacial score (nSPS) is 26.3. The smallest absolute Gasteiger partial charge is 0.222 e. The lowest BCUT2D eigenvalue weighted by molar-refractivity contribution is -0.126. The number of hydrogen-bond donors (Lipinski definition) is 2. The fourth-order valence-electron chi connectivity index (χ4n) is 3.64. The highest BCUT2D eigenvalue weighted by Gasteiger charge is 2.33. The van der Waals surface area contributed by atoms with Gasteiger partial charge in [0.1, 0.15) is 0 Å². The largest absolute Gasteiger partial charge is 0.389 e. The van der Waals surface area contributed by atoms with E-state index in [0.717, 1.165) is 45.3 Å². The van der Waals surface area contributed by atoms with Crippen molar-refractivity contribution in [3.8, 4) is 0 Å². The van der Waals surface area contributed by atoms with Gasteiger partial charge in [-0.25, -0.2) is 0 Å². The molecule has 2 fully saturated rings. The highest BCUT2D eigenvalue weighted by Crippen LogP contribution is 2.32. The van der Waals surface area contributed by atoms with Crippen molar-refractivity contribution < 1.29 is 9.90 Å². The van der Waals surface area contributed by atoms with E-state index in [4.69, 9.17) is 0 Å². The van der Waals surface area contributed by atoms with E-state index in [9.17, 15) is 9.90 Å². The van der Waals surface area contributed by atoms with Crippen LogP contribution < -0.4 is 5.32 Å². The predicted molar refractivity (Wildman–Crippen MR) is 80.5 cm³/mol. The van der Waals surface area contributed by atoms with Crippen molar-refractivity contribution in [3.05, 3.63) is 0 Å². The molecule has 0 radical (unpaired) electrons. The van der Waals surface area contributed by atoms with Gasteiger partial charge in [-0.3, -0.25) is 9.69 Å². The summed E-state index contributed by atoms with van der Waals surface area (Å²) >= 11 is 0. The van der Waals surface area contributed by atoms with Crippen LogP contribution in [0, 0.1) is 5.92 Å². The first-order chi connectivity index (χ1) is 9.48. The summed E-state index contributed by atoms with van der Waals surface area (Å²) in [5.74, 6) is 0.691. The molecule has 1 aliphatic heterocycles. The number of rotatable bonds is 6. The molecule has 0 aromatic carbocycles. The van der Waals surface area contributed by atoms with Crippen LogP contribution in [0.4, 0.5) is 0 Å². The van der Waals surface area contributed by atoms with Crippen LogP contribution in [0.1, 0.15) is 58.8 Å². The molecule has 1 amide bonds. The van der Waals surface area contributed by atoms with Gasteiger partial charge in [-0.05, 0) is 38.1 Å². The number of amides is 1. The molecule has 0 bridgehead atoms. The maximum Gasteiger partial charge on any atom is 0.222 e. The fourth-order valence-corrected chi connectivity index (χ4v) is 3.64. The van der Waals surface area contributed by atoms with Crippen LogP contribution >= 0.6 is 0 Å². The molecule has 1 heterocycles. The molecule has 4 nitrogen and oxygen atoms in total. The zero-order valence-corrected chi connectivity index (χ0v) is 13.0. The summed E-state index contributed by atoms with van der Waals surface area (Å²) in [5.41, 5.74) is -0.725. The molecule has 1 saturated carbocycles. The monoisotopic (exact) mass is 282 g/mol. The summed E-state index contributed by atoms with van der Waals surface area (Å²) in [4.78, 5) is 14.5. The highest BCUT2D eigenvalue weighted by molar-refractivity contribution is 5.77. The molecule has 2 rings (SSSR count).